The molecule has 0 heterocycles. The van der Waals surface area contributed by atoms with Crippen LogP contribution in [0.25, 0.3) is 0 Å². The molecule has 1 amide bonds. The van der Waals surface area contributed by atoms with Crippen molar-refractivity contribution in [2.45, 2.75) is 33.6 Å². The van der Waals surface area contributed by atoms with Crippen molar-refractivity contribution >= 4 is 5.91 Å². The number of hydrogen-bond acceptors (Lipinski definition) is 4. The molecule has 5 heteroatoms. The van der Waals surface area contributed by atoms with Gasteiger partial charge >= 0.3 is 0 Å². The Kier molecular flexibility index (Phi) is 6.56. The third-order valence-electron chi connectivity index (χ3n) is 2.55. The van der Waals surface area contributed by atoms with Crippen LogP contribution >= 0.6 is 0 Å². The Bertz CT molecular complexity index is 257. The summed E-state index contributed by atoms with van der Waals surface area (Å²) in [4.78, 5) is 13.0. The van der Waals surface area contributed by atoms with Crippen LogP contribution in [0.5, 0.6) is 0 Å². The fourth-order valence-electron chi connectivity index (χ4n) is 1.63. The zero-order chi connectivity index (χ0) is 12.7. The lowest BCUT2D eigenvalue weighted by atomic mass is 10.2. The minimum absolute atomic E-state index is 0.110. The van der Waals surface area contributed by atoms with Gasteiger partial charge in [0, 0.05) is 38.5 Å². The Morgan fingerprint density at radius 2 is 1.88 bits per heavy atom. The molecule has 0 atom stereocenters. The molecule has 0 aromatic carbocycles. The van der Waals surface area contributed by atoms with Gasteiger partial charge in [-0.15, -0.1) is 0 Å². The van der Waals surface area contributed by atoms with Gasteiger partial charge in [-0.2, -0.15) is 0 Å². The third kappa shape index (κ3) is 5.02. The summed E-state index contributed by atoms with van der Waals surface area (Å²) in [5.74, 6) is 5.77. The quantitative estimate of drug-likeness (QED) is 0.516. The molecule has 0 rings (SSSR count). The molecule has 0 radical (unpaired) electrons. The molecule has 0 unspecified atom stereocenters. The van der Waals surface area contributed by atoms with E-state index in [0.29, 0.717) is 0 Å². The minimum Gasteiger partial charge on any atom is -0.401 e. The van der Waals surface area contributed by atoms with Gasteiger partial charge in [0.05, 0.1) is 0 Å². The zero-order valence-corrected chi connectivity index (χ0v) is 10.8. The monoisotopic (exact) mass is 228 g/mol. The maximum atomic E-state index is 11.2. The summed E-state index contributed by atoms with van der Waals surface area (Å²) in [6.45, 7) is 6.89. The van der Waals surface area contributed by atoms with Gasteiger partial charge in [-0.05, 0) is 26.7 Å². The number of carbonyl (C=O) groups is 1. The lowest BCUT2D eigenvalue weighted by Gasteiger charge is -2.22. The van der Waals surface area contributed by atoms with Crippen LogP contribution in [-0.2, 0) is 4.79 Å². The number of amides is 1. The second kappa shape index (κ2) is 7.11. The Morgan fingerprint density at radius 1 is 1.31 bits per heavy atom. The van der Waals surface area contributed by atoms with Crippen LogP contribution in [0.2, 0.25) is 0 Å². The van der Waals surface area contributed by atoms with E-state index in [-0.39, 0.29) is 5.91 Å². The van der Waals surface area contributed by atoms with E-state index in [9.17, 15) is 4.79 Å². The average Bonchev–Trinajstić information content (AvgIpc) is 2.15. The molecule has 4 N–H and O–H groups in total. The van der Waals surface area contributed by atoms with Crippen molar-refractivity contribution in [2.24, 2.45) is 11.6 Å². The van der Waals surface area contributed by atoms with Gasteiger partial charge in [-0.3, -0.25) is 4.79 Å². The van der Waals surface area contributed by atoms with Crippen LogP contribution in [0.4, 0.5) is 0 Å². The first-order chi connectivity index (χ1) is 7.40. The molecule has 16 heavy (non-hydrogen) atoms. The van der Waals surface area contributed by atoms with Crippen molar-refractivity contribution in [3.63, 3.8) is 0 Å². The lowest BCUT2D eigenvalue weighted by Crippen LogP contribution is -2.31. The van der Waals surface area contributed by atoms with Gasteiger partial charge in [-0.1, -0.05) is 0 Å². The van der Waals surface area contributed by atoms with E-state index >= 15 is 0 Å². The highest BCUT2D eigenvalue weighted by molar-refractivity contribution is 5.73. The summed E-state index contributed by atoms with van der Waals surface area (Å²) in [6.07, 6.45) is 1.66. The van der Waals surface area contributed by atoms with Gasteiger partial charge in [0.2, 0.25) is 5.91 Å². The van der Waals surface area contributed by atoms with Crippen molar-refractivity contribution in [3.8, 4) is 0 Å². The van der Waals surface area contributed by atoms with Crippen molar-refractivity contribution in [3.05, 3.63) is 11.4 Å². The van der Waals surface area contributed by atoms with Crippen LogP contribution in [-0.4, -0.2) is 36.0 Å². The maximum absolute atomic E-state index is 11.2. The van der Waals surface area contributed by atoms with E-state index in [0.717, 1.165) is 37.3 Å². The smallest absolute Gasteiger partial charge is 0.219 e. The molecule has 0 saturated heterocycles. The minimum atomic E-state index is 0.110. The Morgan fingerprint density at radius 3 is 2.19 bits per heavy atom. The molecule has 0 aliphatic carbocycles. The fourth-order valence-corrected chi connectivity index (χ4v) is 1.63. The number of carbonyl (C=O) groups excluding carboxylic acids is 1. The molecule has 0 aromatic heterocycles. The second-order valence-electron chi connectivity index (χ2n) is 3.94. The van der Waals surface area contributed by atoms with Crippen LogP contribution < -0.4 is 11.6 Å². The molecular weight excluding hydrogens is 204 g/mol. The number of nitrogens with two attached hydrogens (primary N) is 2. The molecule has 94 valence electrons. The van der Waals surface area contributed by atoms with Crippen LogP contribution in [0.3, 0.4) is 0 Å². The SMILES string of the molecule is CCN(CCC/C(=C(\C)N)N(C)N)C(C)=O. The van der Waals surface area contributed by atoms with Crippen molar-refractivity contribution in [2.75, 3.05) is 20.1 Å². The molecule has 0 bridgehead atoms. The van der Waals surface area contributed by atoms with Gasteiger partial charge in [0.15, 0.2) is 0 Å². The van der Waals surface area contributed by atoms with Crippen molar-refractivity contribution in [1.29, 1.82) is 0 Å². The molecule has 5 nitrogen and oxygen atoms in total. The zero-order valence-electron chi connectivity index (χ0n) is 10.8. The number of nitrogens with zero attached hydrogens (tertiary/aromatic N) is 2. The van der Waals surface area contributed by atoms with Crippen molar-refractivity contribution < 1.29 is 4.79 Å². The average molecular weight is 228 g/mol. The summed E-state index contributed by atoms with van der Waals surface area (Å²) in [5.41, 5.74) is 7.39. The number of rotatable bonds is 6. The third-order valence-corrected chi connectivity index (χ3v) is 2.55. The number of allylic oxidation sites excluding steroid dienone is 2. The van der Waals surface area contributed by atoms with E-state index in [2.05, 4.69) is 0 Å². The molecule has 0 saturated carbocycles. The highest BCUT2D eigenvalue weighted by Gasteiger charge is 2.08. The first kappa shape index (κ1) is 14.8. The Hall–Kier alpha value is -1.23. The predicted octanol–water partition coefficient (Wildman–Crippen LogP) is 0.631. The van der Waals surface area contributed by atoms with Crippen molar-refractivity contribution in [1.82, 2.24) is 9.91 Å². The van der Waals surface area contributed by atoms with Crippen LogP contribution in [0, 0.1) is 0 Å². The number of hydrogen-bond donors (Lipinski definition) is 2. The molecule has 0 aromatic rings. The van der Waals surface area contributed by atoms with E-state index in [1.54, 1.807) is 23.9 Å². The molecule has 0 aliphatic heterocycles. The van der Waals surface area contributed by atoms with E-state index < -0.39 is 0 Å². The summed E-state index contributed by atoms with van der Waals surface area (Å²) >= 11 is 0. The standard InChI is InChI=1S/C11H24N4O/c1-5-15(10(3)16)8-6-7-11(9(2)12)14(4)13/h5-8,12-13H2,1-4H3/b11-9-. The lowest BCUT2D eigenvalue weighted by molar-refractivity contribution is -0.128. The van der Waals surface area contributed by atoms with E-state index in [4.69, 9.17) is 11.6 Å². The maximum Gasteiger partial charge on any atom is 0.219 e. The summed E-state index contributed by atoms with van der Waals surface area (Å²) in [6, 6.07) is 0. The molecule has 0 aliphatic rings. The highest BCUT2D eigenvalue weighted by Crippen LogP contribution is 2.09. The van der Waals surface area contributed by atoms with Crippen LogP contribution in [0.1, 0.15) is 33.6 Å². The van der Waals surface area contributed by atoms with Gasteiger partial charge < -0.3 is 15.6 Å². The predicted molar refractivity (Wildman–Crippen MR) is 66.0 cm³/mol. The normalized spacial score (nSPS) is 12.1. The molecule has 0 spiro atoms. The first-order valence-electron chi connectivity index (χ1n) is 5.59. The summed E-state index contributed by atoms with van der Waals surface area (Å²) < 4.78 is 0. The van der Waals surface area contributed by atoms with Crippen LogP contribution in [0.15, 0.2) is 11.4 Å². The Labute approximate surface area is 98.0 Å². The van der Waals surface area contributed by atoms with Gasteiger partial charge in [-0.25, -0.2) is 5.84 Å². The highest BCUT2D eigenvalue weighted by atomic mass is 16.2. The summed E-state index contributed by atoms with van der Waals surface area (Å²) in [7, 11) is 1.77. The largest absolute Gasteiger partial charge is 0.401 e. The van der Waals surface area contributed by atoms with Gasteiger partial charge in [0.1, 0.15) is 0 Å². The van der Waals surface area contributed by atoms with E-state index in [1.165, 1.54) is 0 Å². The number of hydrazine groups is 1. The summed E-state index contributed by atoms with van der Waals surface area (Å²) in [5, 5.41) is 1.54. The molecule has 0 fully saturated rings. The topological polar surface area (TPSA) is 75.6 Å². The van der Waals surface area contributed by atoms with E-state index in [1.807, 2.05) is 13.8 Å². The first-order valence-corrected chi connectivity index (χ1v) is 5.59. The molecular formula is C11H24N4O. The Balaban J connectivity index is 4.15. The fraction of sp³-hybridized carbons (Fsp3) is 0.727. The second-order valence-corrected chi connectivity index (χ2v) is 3.94. The van der Waals surface area contributed by atoms with Gasteiger partial charge in [0.25, 0.3) is 0 Å².